The van der Waals surface area contributed by atoms with Crippen LogP contribution in [0, 0.1) is 6.92 Å². The molecule has 3 aromatic carbocycles. The van der Waals surface area contributed by atoms with Crippen LogP contribution in [0.25, 0.3) is 0 Å². The maximum Gasteiger partial charge on any atom is 0.283 e. The maximum atomic E-state index is 12.9. The van der Waals surface area contributed by atoms with Gasteiger partial charge in [-0.1, -0.05) is 23.7 Å². The van der Waals surface area contributed by atoms with Gasteiger partial charge in [-0.2, -0.15) is 0 Å². The first-order valence-electron chi connectivity index (χ1n) is 10.0. The molecule has 0 aliphatic carbocycles. The molecular weight excluding hydrogens is 442 g/mol. The molecule has 2 N–H and O–H groups in total. The summed E-state index contributed by atoms with van der Waals surface area (Å²) in [5, 5.41) is 5.52. The molecule has 4 rings (SSSR count). The van der Waals surface area contributed by atoms with Crippen LogP contribution < -0.4 is 20.3 Å². The van der Waals surface area contributed by atoms with Crippen molar-refractivity contribution in [1.82, 2.24) is 0 Å². The number of nitrogens with zero attached hydrogens (tertiary/aromatic N) is 1. The smallest absolute Gasteiger partial charge is 0.283 e. The van der Waals surface area contributed by atoms with Crippen molar-refractivity contribution in [3.8, 4) is 5.75 Å². The molecule has 1 heterocycles. The van der Waals surface area contributed by atoms with Crippen molar-refractivity contribution >= 4 is 46.4 Å². The van der Waals surface area contributed by atoms with Crippen molar-refractivity contribution in [2.24, 2.45) is 0 Å². The molecule has 0 fully saturated rings. The molecule has 0 atom stereocenters. The number of halogens is 1. The van der Waals surface area contributed by atoms with E-state index in [2.05, 4.69) is 10.6 Å². The number of carbonyl (C=O) groups excluding carboxylic acids is 3. The van der Waals surface area contributed by atoms with Crippen LogP contribution in [-0.2, 0) is 9.59 Å². The molecule has 0 saturated heterocycles. The molecule has 0 spiro atoms. The number of carbonyl (C=O) groups is 3. The lowest BCUT2D eigenvalue weighted by Crippen LogP contribution is -2.32. The van der Waals surface area contributed by atoms with Crippen molar-refractivity contribution in [1.29, 1.82) is 0 Å². The number of hydrogen-bond acceptors (Lipinski definition) is 5. The third kappa shape index (κ3) is 4.58. The molecule has 0 aromatic heterocycles. The normalized spacial score (nSPS) is 13.4. The third-order valence-electron chi connectivity index (χ3n) is 5.05. The molecule has 7 nitrogen and oxygen atoms in total. The minimum atomic E-state index is -0.622. The van der Waals surface area contributed by atoms with Gasteiger partial charge in [0.15, 0.2) is 0 Å². The zero-order valence-corrected chi connectivity index (χ0v) is 18.6. The number of nitrogens with one attached hydrogen (secondary N) is 2. The summed E-state index contributed by atoms with van der Waals surface area (Å²) in [6.45, 7) is 1.95. The molecule has 8 heteroatoms. The fraction of sp³-hybridized carbons (Fsp3) is 0.0800. The Bertz CT molecular complexity index is 1270. The number of rotatable bonds is 6. The average Bonchev–Trinajstić information content (AvgIpc) is 3.02. The minimum Gasteiger partial charge on any atom is -0.497 e. The van der Waals surface area contributed by atoms with Gasteiger partial charge < -0.3 is 15.4 Å². The van der Waals surface area contributed by atoms with Gasteiger partial charge in [0.05, 0.1) is 12.8 Å². The van der Waals surface area contributed by atoms with Crippen LogP contribution >= 0.6 is 11.6 Å². The Hall–Kier alpha value is -4.10. The summed E-state index contributed by atoms with van der Waals surface area (Å²) < 4.78 is 5.11. The molecule has 33 heavy (non-hydrogen) atoms. The quantitative estimate of drug-likeness (QED) is 0.520. The largest absolute Gasteiger partial charge is 0.497 e. The third-order valence-corrected chi connectivity index (χ3v) is 5.40. The van der Waals surface area contributed by atoms with Crippen LogP contribution in [0.15, 0.2) is 83.5 Å². The van der Waals surface area contributed by atoms with Crippen LogP contribution in [0.1, 0.15) is 15.9 Å². The highest BCUT2D eigenvalue weighted by atomic mass is 35.5. The molecule has 3 amide bonds. The van der Waals surface area contributed by atoms with E-state index < -0.39 is 11.8 Å². The van der Waals surface area contributed by atoms with Gasteiger partial charge in [0.1, 0.15) is 16.5 Å². The molecule has 3 aromatic rings. The monoisotopic (exact) mass is 461 g/mol. The molecule has 0 unspecified atom stereocenters. The zero-order chi connectivity index (χ0) is 23.5. The fourth-order valence-corrected chi connectivity index (χ4v) is 3.57. The average molecular weight is 462 g/mol. The lowest BCUT2D eigenvalue weighted by molar-refractivity contribution is -0.120. The number of ether oxygens (including phenoxy) is 1. The second-order valence-corrected chi connectivity index (χ2v) is 7.74. The van der Waals surface area contributed by atoms with Crippen LogP contribution in [0.3, 0.4) is 0 Å². The van der Waals surface area contributed by atoms with E-state index in [9.17, 15) is 14.4 Å². The Morgan fingerprint density at radius 1 is 0.909 bits per heavy atom. The van der Waals surface area contributed by atoms with Crippen molar-refractivity contribution < 1.29 is 19.1 Å². The van der Waals surface area contributed by atoms with Gasteiger partial charge >= 0.3 is 0 Å². The van der Waals surface area contributed by atoms with E-state index in [1.807, 2.05) is 31.2 Å². The lowest BCUT2D eigenvalue weighted by atomic mass is 10.1. The molecule has 0 radical (unpaired) electrons. The predicted octanol–water partition coefficient (Wildman–Crippen LogP) is 4.69. The Morgan fingerprint density at radius 2 is 1.61 bits per heavy atom. The van der Waals surface area contributed by atoms with Crippen LogP contribution in [0.2, 0.25) is 0 Å². The molecule has 166 valence electrons. The SMILES string of the molecule is COc1ccc(N2C(=O)C(Cl)=C(Nc3ccc(C(=O)Nc4cccc(C)c4)cc3)C2=O)cc1. The Kier molecular flexibility index (Phi) is 6.15. The Morgan fingerprint density at radius 3 is 2.24 bits per heavy atom. The Balaban J connectivity index is 1.47. The second-order valence-electron chi connectivity index (χ2n) is 7.36. The van der Waals surface area contributed by atoms with Crippen molar-refractivity contribution in [3.63, 3.8) is 0 Å². The summed E-state index contributed by atoms with van der Waals surface area (Å²) in [6.07, 6.45) is 0. The van der Waals surface area contributed by atoms with Gasteiger partial charge in [0.25, 0.3) is 17.7 Å². The highest BCUT2D eigenvalue weighted by Gasteiger charge is 2.38. The summed E-state index contributed by atoms with van der Waals surface area (Å²) in [4.78, 5) is 39.0. The van der Waals surface area contributed by atoms with E-state index >= 15 is 0 Å². The summed E-state index contributed by atoms with van der Waals surface area (Å²) in [5.74, 6) is -0.858. The van der Waals surface area contributed by atoms with Gasteiger partial charge in [0.2, 0.25) is 0 Å². The number of anilines is 3. The minimum absolute atomic E-state index is 0.0329. The van der Waals surface area contributed by atoms with E-state index in [4.69, 9.17) is 16.3 Å². The van der Waals surface area contributed by atoms with Crippen LogP contribution in [0.4, 0.5) is 17.1 Å². The molecule has 1 aliphatic rings. The number of benzene rings is 3. The standard InChI is InChI=1S/C25H20ClN3O4/c1-15-4-3-5-18(14-15)28-23(30)16-6-8-17(9-7-16)27-22-21(26)24(31)29(25(22)32)19-10-12-20(33-2)13-11-19/h3-14,27H,1-2H3,(H,28,30). The first-order chi connectivity index (χ1) is 15.9. The zero-order valence-electron chi connectivity index (χ0n) is 17.9. The Labute approximate surface area is 195 Å². The summed E-state index contributed by atoms with van der Waals surface area (Å²) in [5.41, 5.74) is 3.03. The van der Waals surface area contributed by atoms with Gasteiger partial charge in [0, 0.05) is 16.9 Å². The maximum absolute atomic E-state index is 12.9. The van der Waals surface area contributed by atoms with Crippen molar-refractivity contribution in [2.75, 3.05) is 22.6 Å². The molecule has 1 aliphatic heterocycles. The number of imide groups is 1. The highest BCUT2D eigenvalue weighted by molar-refractivity contribution is 6.53. The van der Waals surface area contributed by atoms with E-state index in [0.717, 1.165) is 10.5 Å². The van der Waals surface area contributed by atoms with Gasteiger partial charge in [-0.3, -0.25) is 14.4 Å². The topological polar surface area (TPSA) is 87.7 Å². The fourth-order valence-electron chi connectivity index (χ4n) is 3.35. The number of methoxy groups -OCH3 is 1. The highest BCUT2D eigenvalue weighted by Crippen LogP contribution is 2.31. The number of hydrogen-bond donors (Lipinski definition) is 2. The first-order valence-corrected chi connectivity index (χ1v) is 10.4. The van der Waals surface area contributed by atoms with E-state index in [0.29, 0.717) is 28.4 Å². The van der Waals surface area contributed by atoms with Crippen molar-refractivity contribution in [3.05, 3.63) is 94.7 Å². The summed E-state index contributed by atoms with van der Waals surface area (Å²) in [6, 6.07) is 20.5. The lowest BCUT2D eigenvalue weighted by Gasteiger charge is -2.15. The molecule has 0 saturated carbocycles. The summed E-state index contributed by atoms with van der Waals surface area (Å²) in [7, 11) is 1.53. The molecule has 0 bridgehead atoms. The second kappa shape index (κ2) is 9.18. The van der Waals surface area contributed by atoms with Gasteiger partial charge in [-0.15, -0.1) is 0 Å². The van der Waals surface area contributed by atoms with Crippen LogP contribution in [-0.4, -0.2) is 24.8 Å². The number of amides is 3. The first kappa shape index (κ1) is 22.1. The van der Waals surface area contributed by atoms with Crippen LogP contribution in [0.5, 0.6) is 5.75 Å². The van der Waals surface area contributed by atoms with Gasteiger partial charge in [-0.25, -0.2) is 4.90 Å². The van der Waals surface area contributed by atoms with Crippen molar-refractivity contribution in [2.45, 2.75) is 6.92 Å². The van der Waals surface area contributed by atoms with Gasteiger partial charge in [-0.05, 0) is 73.2 Å². The van der Waals surface area contributed by atoms with E-state index in [1.54, 1.807) is 48.5 Å². The van der Waals surface area contributed by atoms with E-state index in [-0.39, 0.29) is 16.6 Å². The van der Waals surface area contributed by atoms with E-state index in [1.165, 1.54) is 7.11 Å². The molecular formula is C25H20ClN3O4. The predicted molar refractivity (Wildman–Crippen MR) is 128 cm³/mol. The number of aryl methyl sites for hydroxylation is 1. The summed E-state index contributed by atoms with van der Waals surface area (Å²) >= 11 is 6.18.